The summed E-state index contributed by atoms with van der Waals surface area (Å²) >= 11 is 1.74. The van der Waals surface area contributed by atoms with Crippen molar-refractivity contribution in [1.29, 1.82) is 0 Å². The molecule has 1 aliphatic rings. The Bertz CT molecular complexity index is 634. The highest BCUT2D eigenvalue weighted by Crippen LogP contribution is 2.25. The highest BCUT2D eigenvalue weighted by molar-refractivity contribution is 7.10. The summed E-state index contributed by atoms with van der Waals surface area (Å²) < 4.78 is 5.46. The minimum absolute atomic E-state index is 0.00697. The fraction of sp³-hybridized carbons (Fsp3) is 0.421. The fourth-order valence-electron chi connectivity index (χ4n) is 2.96. The largest absolute Gasteiger partial charge is 0.379 e. The van der Waals surface area contributed by atoms with Gasteiger partial charge in [0, 0.05) is 30.1 Å². The normalized spacial score (nSPS) is 16.7. The number of nitrogens with one attached hydrogen (secondary N) is 1. The quantitative estimate of drug-likeness (QED) is 0.875. The lowest BCUT2D eigenvalue weighted by atomic mass is 10.1. The van der Waals surface area contributed by atoms with Gasteiger partial charge in [0.1, 0.15) is 0 Å². The van der Waals surface area contributed by atoms with E-state index in [1.807, 2.05) is 24.3 Å². The molecule has 3 rings (SSSR count). The first kappa shape index (κ1) is 17.1. The van der Waals surface area contributed by atoms with Crippen LogP contribution in [0.25, 0.3) is 0 Å². The molecule has 0 unspecified atom stereocenters. The molecule has 1 aromatic carbocycles. The van der Waals surface area contributed by atoms with Crippen molar-refractivity contribution in [2.24, 2.45) is 0 Å². The van der Waals surface area contributed by atoms with Crippen LogP contribution in [0.15, 0.2) is 41.8 Å². The predicted molar refractivity (Wildman–Crippen MR) is 97.6 cm³/mol. The van der Waals surface area contributed by atoms with Gasteiger partial charge in [-0.05, 0) is 35.6 Å². The summed E-state index contributed by atoms with van der Waals surface area (Å²) in [5, 5.41) is 5.20. The second-order valence-corrected chi connectivity index (χ2v) is 6.92. The first-order valence-electron chi connectivity index (χ1n) is 8.50. The van der Waals surface area contributed by atoms with Crippen LogP contribution in [0.1, 0.15) is 33.8 Å². The van der Waals surface area contributed by atoms with Crippen molar-refractivity contribution in [1.82, 2.24) is 10.2 Å². The molecule has 1 atom stereocenters. The molecule has 4 nitrogen and oxygen atoms in total. The van der Waals surface area contributed by atoms with Gasteiger partial charge in [-0.2, -0.15) is 0 Å². The zero-order valence-corrected chi connectivity index (χ0v) is 14.8. The third-order valence-corrected chi connectivity index (χ3v) is 5.41. The van der Waals surface area contributed by atoms with E-state index in [9.17, 15) is 4.79 Å². The Morgan fingerprint density at radius 1 is 1.25 bits per heavy atom. The Labute approximate surface area is 147 Å². The Hall–Kier alpha value is -1.69. The van der Waals surface area contributed by atoms with E-state index in [4.69, 9.17) is 4.74 Å². The summed E-state index contributed by atoms with van der Waals surface area (Å²) in [5.74, 6) is -0.00697. The Balaban J connectivity index is 1.65. The van der Waals surface area contributed by atoms with Gasteiger partial charge in [0.05, 0.1) is 19.3 Å². The Morgan fingerprint density at radius 3 is 2.62 bits per heavy atom. The molecular formula is C19H24N2O2S. The molecule has 1 aromatic heterocycles. The molecule has 128 valence electrons. The van der Waals surface area contributed by atoms with Crippen LogP contribution in [0.5, 0.6) is 0 Å². The molecule has 1 fully saturated rings. The SMILES string of the molecule is CCc1ccc(C(=O)NC[C@@H](c2cccs2)N2CCOCC2)cc1. The van der Waals surface area contributed by atoms with Crippen LogP contribution >= 0.6 is 11.3 Å². The monoisotopic (exact) mass is 344 g/mol. The number of ether oxygens (including phenoxy) is 1. The standard InChI is InChI=1S/C19H24N2O2S/c1-2-15-5-7-16(8-6-15)19(22)20-14-17(18-4-3-13-24-18)21-9-11-23-12-10-21/h3-8,13,17H,2,9-12,14H2,1H3,(H,20,22)/t17-/m0/s1. The van der Waals surface area contributed by atoms with Gasteiger partial charge in [-0.15, -0.1) is 11.3 Å². The van der Waals surface area contributed by atoms with Crippen LogP contribution in [0.4, 0.5) is 0 Å². The number of carbonyl (C=O) groups is 1. The molecule has 1 N–H and O–H groups in total. The van der Waals surface area contributed by atoms with Crippen LogP contribution in [-0.2, 0) is 11.2 Å². The lowest BCUT2D eigenvalue weighted by Crippen LogP contribution is -2.43. The van der Waals surface area contributed by atoms with Crippen molar-refractivity contribution in [3.63, 3.8) is 0 Å². The van der Waals surface area contributed by atoms with Crippen molar-refractivity contribution in [2.75, 3.05) is 32.8 Å². The summed E-state index contributed by atoms with van der Waals surface area (Å²) in [5.41, 5.74) is 1.97. The van der Waals surface area contributed by atoms with Crippen molar-refractivity contribution in [2.45, 2.75) is 19.4 Å². The second kappa shape index (κ2) is 8.42. The average molecular weight is 344 g/mol. The third-order valence-electron chi connectivity index (χ3n) is 4.44. The first-order valence-corrected chi connectivity index (χ1v) is 9.38. The summed E-state index contributed by atoms with van der Waals surface area (Å²) in [6.07, 6.45) is 0.985. The summed E-state index contributed by atoms with van der Waals surface area (Å²) in [7, 11) is 0. The zero-order chi connectivity index (χ0) is 16.8. The molecule has 0 bridgehead atoms. The van der Waals surface area contributed by atoms with Crippen molar-refractivity contribution in [3.05, 3.63) is 57.8 Å². The minimum Gasteiger partial charge on any atom is -0.379 e. The van der Waals surface area contributed by atoms with Crippen molar-refractivity contribution in [3.8, 4) is 0 Å². The fourth-order valence-corrected chi connectivity index (χ4v) is 3.82. The molecule has 5 heteroatoms. The summed E-state index contributed by atoms with van der Waals surface area (Å²) in [6.45, 7) is 6.06. The molecule has 1 saturated heterocycles. The third kappa shape index (κ3) is 4.23. The molecule has 2 heterocycles. The highest BCUT2D eigenvalue weighted by atomic mass is 32.1. The number of carbonyl (C=O) groups excluding carboxylic acids is 1. The van der Waals surface area contributed by atoms with E-state index < -0.39 is 0 Å². The molecule has 1 amide bonds. The molecule has 0 radical (unpaired) electrons. The number of nitrogens with zero attached hydrogens (tertiary/aromatic N) is 1. The number of rotatable bonds is 6. The van der Waals surface area contributed by atoms with Crippen LogP contribution in [0.3, 0.4) is 0 Å². The maximum absolute atomic E-state index is 12.5. The first-order chi connectivity index (χ1) is 11.8. The van der Waals surface area contributed by atoms with Gasteiger partial charge in [-0.3, -0.25) is 9.69 Å². The highest BCUT2D eigenvalue weighted by Gasteiger charge is 2.24. The van der Waals surface area contributed by atoms with E-state index in [1.165, 1.54) is 10.4 Å². The lowest BCUT2D eigenvalue weighted by molar-refractivity contribution is 0.0169. The number of hydrogen-bond donors (Lipinski definition) is 1. The van der Waals surface area contributed by atoms with E-state index >= 15 is 0 Å². The maximum atomic E-state index is 12.5. The second-order valence-electron chi connectivity index (χ2n) is 5.94. The number of amides is 1. The molecule has 0 saturated carbocycles. The van der Waals surface area contributed by atoms with Gasteiger partial charge >= 0.3 is 0 Å². The predicted octanol–water partition coefficient (Wildman–Crippen LogP) is 3.11. The average Bonchev–Trinajstić information content (AvgIpc) is 3.17. The lowest BCUT2D eigenvalue weighted by Gasteiger charge is -2.34. The topological polar surface area (TPSA) is 41.6 Å². The van der Waals surface area contributed by atoms with E-state index in [0.29, 0.717) is 6.54 Å². The van der Waals surface area contributed by atoms with E-state index in [0.717, 1.165) is 38.3 Å². The van der Waals surface area contributed by atoms with Crippen molar-refractivity contribution >= 4 is 17.2 Å². The van der Waals surface area contributed by atoms with E-state index in [-0.39, 0.29) is 11.9 Å². The number of morpholine rings is 1. The number of thiophene rings is 1. The number of hydrogen-bond acceptors (Lipinski definition) is 4. The van der Waals surface area contributed by atoms with E-state index in [1.54, 1.807) is 11.3 Å². The van der Waals surface area contributed by atoms with Crippen LogP contribution in [0, 0.1) is 0 Å². The summed E-state index contributed by atoms with van der Waals surface area (Å²) in [6, 6.07) is 12.3. The van der Waals surface area contributed by atoms with Gasteiger partial charge < -0.3 is 10.1 Å². The molecule has 0 spiro atoms. The molecule has 24 heavy (non-hydrogen) atoms. The van der Waals surface area contributed by atoms with Gasteiger partial charge in [0.2, 0.25) is 0 Å². The zero-order valence-electron chi connectivity index (χ0n) is 14.0. The van der Waals surface area contributed by atoms with Crippen LogP contribution in [-0.4, -0.2) is 43.7 Å². The molecular weight excluding hydrogens is 320 g/mol. The number of benzene rings is 1. The Kier molecular flexibility index (Phi) is 6.01. The summed E-state index contributed by atoms with van der Waals surface area (Å²) in [4.78, 5) is 16.1. The van der Waals surface area contributed by atoms with Gasteiger partial charge in [-0.25, -0.2) is 0 Å². The van der Waals surface area contributed by atoms with Crippen molar-refractivity contribution < 1.29 is 9.53 Å². The molecule has 1 aliphatic heterocycles. The van der Waals surface area contributed by atoms with Crippen LogP contribution in [0.2, 0.25) is 0 Å². The Morgan fingerprint density at radius 2 is 2.00 bits per heavy atom. The molecule has 2 aromatic rings. The smallest absolute Gasteiger partial charge is 0.251 e. The van der Waals surface area contributed by atoms with Gasteiger partial charge in [-0.1, -0.05) is 25.1 Å². The van der Waals surface area contributed by atoms with Crippen LogP contribution < -0.4 is 5.32 Å². The molecule has 0 aliphatic carbocycles. The minimum atomic E-state index is -0.00697. The number of aryl methyl sites for hydroxylation is 1. The van der Waals surface area contributed by atoms with Gasteiger partial charge in [0.25, 0.3) is 5.91 Å². The van der Waals surface area contributed by atoms with E-state index in [2.05, 4.69) is 34.7 Å². The van der Waals surface area contributed by atoms with Gasteiger partial charge in [0.15, 0.2) is 0 Å². The maximum Gasteiger partial charge on any atom is 0.251 e.